The zero-order valence-corrected chi connectivity index (χ0v) is 14.6. The summed E-state index contributed by atoms with van der Waals surface area (Å²) in [4.78, 5) is 8.86. The molecule has 5 rings (SSSR count). The quantitative estimate of drug-likeness (QED) is 0.516. The molecule has 3 aromatic heterocycles. The summed E-state index contributed by atoms with van der Waals surface area (Å²) in [5.74, 6) is 0.785. The van der Waals surface area contributed by atoms with Crippen LogP contribution in [0.3, 0.4) is 0 Å². The van der Waals surface area contributed by atoms with Crippen molar-refractivity contribution in [3.8, 4) is 11.3 Å². The molecule has 0 amide bonds. The summed E-state index contributed by atoms with van der Waals surface area (Å²) >= 11 is 0. The van der Waals surface area contributed by atoms with Gasteiger partial charge in [0, 0.05) is 11.8 Å². The molecule has 130 valence electrons. The normalized spacial score (nSPS) is 11.1. The SMILES string of the molecule is c1ccc(CNc2ccc3ncc(-c4cccc5ccccc45)n3n2)nc1. The van der Waals surface area contributed by atoms with Gasteiger partial charge in [0.2, 0.25) is 0 Å². The van der Waals surface area contributed by atoms with Crippen LogP contribution in [0.2, 0.25) is 0 Å². The maximum absolute atomic E-state index is 4.75. The van der Waals surface area contributed by atoms with Crippen molar-refractivity contribution < 1.29 is 0 Å². The summed E-state index contributed by atoms with van der Waals surface area (Å²) in [5, 5.41) is 10.5. The topological polar surface area (TPSA) is 55.1 Å². The maximum atomic E-state index is 4.75. The second kappa shape index (κ2) is 6.53. The van der Waals surface area contributed by atoms with Gasteiger partial charge in [-0.25, -0.2) is 9.50 Å². The van der Waals surface area contributed by atoms with Crippen molar-refractivity contribution in [2.45, 2.75) is 6.54 Å². The third kappa shape index (κ3) is 2.89. The van der Waals surface area contributed by atoms with Gasteiger partial charge >= 0.3 is 0 Å². The van der Waals surface area contributed by atoms with E-state index in [1.807, 2.05) is 41.0 Å². The van der Waals surface area contributed by atoms with Crippen LogP contribution in [0.15, 0.2) is 85.2 Å². The molecular formula is C22H17N5. The summed E-state index contributed by atoms with van der Waals surface area (Å²) in [6, 6.07) is 24.5. The molecule has 0 radical (unpaired) electrons. The molecule has 0 fully saturated rings. The third-order valence-electron chi connectivity index (χ3n) is 4.60. The lowest BCUT2D eigenvalue weighted by Gasteiger charge is -2.08. The Hall–Kier alpha value is -3.73. The first-order valence-corrected chi connectivity index (χ1v) is 8.85. The van der Waals surface area contributed by atoms with Crippen molar-refractivity contribution >= 4 is 22.2 Å². The molecule has 5 heteroatoms. The average molecular weight is 351 g/mol. The first-order valence-electron chi connectivity index (χ1n) is 8.85. The highest BCUT2D eigenvalue weighted by Gasteiger charge is 2.11. The standard InChI is InChI=1S/C22H17N5/c1-2-9-18-16(6-1)7-5-10-19(18)20-15-25-22-12-11-21(26-27(20)22)24-14-17-8-3-4-13-23-17/h1-13,15H,14H2,(H,24,26). The first-order chi connectivity index (χ1) is 13.4. The minimum Gasteiger partial charge on any atom is -0.363 e. The fourth-order valence-electron chi connectivity index (χ4n) is 3.28. The number of hydrogen-bond acceptors (Lipinski definition) is 4. The first kappa shape index (κ1) is 15.5. The molecule has 0 atom stereocenters. The maximum Gasteiger partial charge on any atom is 0.154 e. The van der Waals surface area contributed by atoms with Crippen molar-refractivity contribution in [1.82, 2.24) is 19.6 Å². The van der Waals surface area contributed by atoms with E-state index in [2.05, 4.69) is 57.7 Å². The number of nitrogens with zero attached hydrogens (tertiary/aromatic N) is 4. The van der Waals surface area contributed by atoms with Crippen LogP contribution in [0.4, 0.5) is 5.82 Å². The Kier molecular flexibility index (Phi) is 3.76. The number of imidazole rings is 1. The summed E-state index contributed by atoms with van der Waals surface area (Å²) in [6.45, 7) is 0.623. The molecule has 0 unspecified atom stereocenters. The van der Waals surface area contributed by atoms with Crippen LogP contribution in [0.5, 0.6) is 0 Å². The van der Waals surface area contributed by atoms with E-state index < -0.39 is 0 Å². The summed E-state index contributed by atoms with van der Waals surface area (Å²) in [5.41, 5.74) is 3.89. The zero-order valence-electron chi connectivity index (χ0n) is 14.6. The van der Waals surface area contributed by atoms with E-state index in [1.54, 1.807) is 6.20 Å². The van der Waals surface area contributed by atoms with Crippen LogP contribution in [0.1, 0.15) is 5.69 Å². The number of pyridine rings is 1. The van der Waals surface area contributed by atoms with Crippen LogP contribution in [0, 0.1) is 0 Å². The highest BCUT2D eigenvalue weighted by atomic mass is 15.3. The van der Waals surface area contributed by atoms with Gasteiger partial charge in [0.25, 0.3) is 0 Å². The summed E-state index contributed by atoms with van der Waals surface area (Å²) in [6.07, 6.45) is 3.68. The molecule has 5 nitrogen and oxygen atoms in total. The van der Waals surface area contributed by atoms with Gasteiger partial charge in [-0.05, 0) is 35.0 Å². The van der Waals surface area contributed by atoms with Crippen LogP contribution < -0.4 is 5.32 Å². The Bertz CT molecular complexity index is 1220. The number of fused-ring (bicyclic) bond motifs is 2. The predicted octanol–water partition coefficient (Wildman–Crippen LogP) is 4.56. The highest BCUT2D eigenvalue weighted by Crippen LogP contribution is 2.29. The van der Waals surface area contributed by atoms with Gasteiger partial charge in [-0.3, -0.25) is 4.98 Å². The van der Waals surface area contributed by atoms with Crippen LogP contribution >= 0.6 is 0 Å². The molecule has 0 aliphatic carbocycles. The van der Waals surface area contributed by atoms with Crippen molar-refractivity contribution in [1.29, 1.82) is 0 Å². The third-order valence-corrected chi connectivity index (χ3v) is 4.60. The molecule has 27 heavy (non-hydrogen) atoms. The molecular weight excluding hydrogens is 334 g/mol. The van der Waals surface area contributed by atoms with Crippen molar-refractivity contribution in [2.24, 2.45) is 0 Å². The Morgan fingerprint density at radius 3 is 2.63 bits per heavy atom. The largest absolute Gasteiger partial charge is 0.363 e. The number of rotatable bonds is 4. The number of hydrogen-bond donors (Lipinski definition) is 1. The molecule has 0 aliphatic rings. The van der Waals surface area contributed by atoms with Crippen LogP contribution in [-0.4, -0.2) is 19.6 Å². The summed E-state index contributed by atoms with van der Waals surface area (Å²) in [7, 11) is 0. The minimum absolute atomic E-state index is 0.623. The Morgan fingerprint density at radius 1 is 0.815 bits per heavy atom. The fourth-order valence-corrected chi connectivity index (χ4v) is 3.28. The van der Waals surface area contributed by atoms with E-state index in [0.717, 1.165) is 28.4 Å². The highest BCUT2D eigenvalue weighted by molar-refractivity contribution is 5.96. The van der Waals surface area contributed by atoms with Crippen molar-refractivity contribution in [3.63, 3.8) is 0 Å². The monoisotopic (exact) mass is 351 g/mol. The second-order valence-electron chi connectivity index (χ2n) is 6.33. The fraction of sp³-hybridized carbons (Fsp3) is 0.0455. The van der Waals surface area contributed by atoms with E-state index >= 15 is 0 Å². The Balaban J connectivity index is 1.55. The van der Waals surface area contributed by atoms with E-state index in [1.165, 1.54) is 10.8 Å². The van der Waals surface area contributed by atoms with E-state index in [-0.39, 0.29) is 0 Å². The number of anilines is 1. The predicted molar refractivity (Wildman–Crippen MR) is 107 cm³/mol. The number of nitrogens with one attached hydrogen (secondary N) is 1. The minimum atomic E-state index is 0.623. The lowest BCUT2D eigenvalue weighted by molar-refractivity contribution is 0.924. The Morgan fingerprint density at radius 2 is 1.70 bits per heavy atom. The molecule has 2 aromatic carbocycles. The lowest BCUT2D eigenvalue weighted by Crippen LogP contribution is -2.05. The van der Waals surface area contributed by atoms with Gasteiger partial charge < -0.3 is 5.32 Å². The summed E-state index contributed by atoms with van der Waals surface area (Å²) < 4.78 is 1.89. The molecule has 5 aromatic rings. The molecule has 0 bridgehead atoms. The van der Waals surface area contributed by atoms with E-state index in [9.17, 15) is 0 Å². The Labute approximate surface area is 156 Å². The molecule has 0 saturated carbocycles. The van der Waals surface area contributed by atoms with Gasteiger partial charge in [-0.15, -0.1) is 5.10 Å². The smallest absolute Gasteiger partial charge is 0.154 e. The molecule has 0 saturated heterocycles. The van der Waals surface area contributed by atoms with Gasteiger partial charge in [-0.1, -0.05) is 48.5 Å². The van der Waals surface area contributed by atoms with Gasteiger partial charge in [0.05, 0.1) is 24.1 Å². The van der Waals surface area contributed by atoms with Crippen LogP contribution in [-0.2, 0) is 6.54 Å². The van der Waals surface area contributed by atoms with Gasteiger partial charge in [0.1, 0.15) is 5.82 Å². The molecule has 3 heterocycles. The average Bonchev–Trinajstić information content (AvgIpc) is 3.16. The number of benzene rings is 2. The van der Waals surface area contributed by atoms with Gasteiger partial charge in [0.15, 0.2) is 5.65 Å². The number of aromatic nitrogens is 4. The molecule has 1 N–H and O–H groups in total. The van der Waals surface area contributed by atoms with E-state index in [4.69, 9.17) is 5.10 Å². The van der Waals surface area contributed by atoms with Crippen molar-refractivity contribution in [2.75, 3.05) is 5.32 Å². The lowest BCUT2D eigenvalue weighted by atomic mass is 10.0. The van der Waals surface area contributed by atoms with Crippen LogP contribution in [0.25, 0.3) is 27.7 Å². The molecule has 0 aliphatic heterocycles. The zero-order chi connectivity index (χ0) is 18.1. The second-order valence-corrected chi connectivity index (χ2v) is 6.33. The van der Waals surface area contributed by atoms with Gasteiger partial charge in [-0.2, -0.15) is 0 Å². The van der Waals surface area contributed by atoms with E-state index in [0.29, 0.717) is 6.54 Å². The van der Waals surface area contributed by atoms with Crippen molar-refractivity contribution in [3.05, 3.63) is 90.9 Å². The molecule has 0 spiro atoms.